The molecular weight excluding hydrogens is 551 g/mol. The van der Waals surface area contributed by atoms with Gasteiger partial charge >= 0.3 is 107 Å². The molecule has 0 saturated heterocycles. The molecule has 31 heavy (non-hydrogen) atoms. The third-order valence-electron chi connectivity index (χ3n) is 2.34. The van der Waals surface area contributed by atoms with Crippen molar-refractivity contribution in [3.63, 3.8) is 0 Å². The van der Waals surface area contributed by atoms with Crippen LogP contribution < -0.4 is 5.30 Å². The Balaban J connectivity index is -0.0000000331. The van der Waals surface area contributed by atoms with Crippen LogP contribution in [0.3, 0.4) is 0 Å². The maximum Gasteiger partial charge on any atom is 4.00 e. The molecule has 0 radical (unpaired) electrons. The first-order valence-electron chi connectivity index (χ1n) is 6.11. The average molecular weight is 564 g/mol. The average Bonchev–Trinajstić information content (AvgIpc) is 3.23. The molecule has 1 unspecified atom stereocenters. The normalized spacial score (nSPS) is 9.68. The minimum absolute atomic E-state index is 0. The Labute approximate surface area is 208 Å². The van der Waals surface area contributed by atoms with E-state index in [1.54, 1.807) is 0 Å². The maximum atomic E-state index is 7.50. The van der Waals surface area contributed by atoms with Crippen LogP contribution in [0.25, 0.3) is 0 Å². The van der Waals surface area contributed by atoms with Crippen LogP contribution in [0.2, 0.25) is 0 Å². The molecule has 1 aromatic rings. The van der Waals surface area contributed by atoms with E-state index >= 15 is 0 Å². The summed E-state index contributed by atoms with van der Waals surface area (Å²) < 4.78 is 60.0. The summed E-state index contributed by atoms with van der Waals surface area (Å²) in [5, 5.41) is 1.45. The summed E-state index contributed by atoms with van der Waals surface area (Å²) in [4.78, 5) is 0. The second-order valence-electron chi connectivity index (χ2n) is 3.37. The minimum atomic E-state index is -0.143. The predicted molar refractivity (Wildman–Crippen MR) is 92.6 cm³/mol. The van der Waals surface area contributed by atoms with Crippen LogP contribution in [0.4, 0.5) is 0 Å². The van der Waals surface area contributed by atoms with Crippen molar-refractivity contribution in [2.75, 3.05) is 0 Å². The van der Waals surface area contributed by atoms with Crippen molar-refractivity contribution < 1.29 is 75.4 Å². The van der Waals surface area contributed by atoms with Gasteiger partial charge in [-0.3, -0.25) is 6.16 Å². The molecule has 158 valence electrons. The van der Waals surface area contributed by atoms with Gasteiger partial charge in [-0.2, -0.15) is 0 Å². The van der Waals surface area contributed by atoms with Crippen molar-refractivity contribution >= 4 is 18.6 Å². The first-order valence-corrected chi connectivity index (χ1v) is 7.59. The van der Waals surface area contributed by atoms with Crippen LogP contribution in [-0.2, 0) is 75.4 Å². The van der Waals surface area contributed by atoms with Crippen LogP contribution >= 0.6 is 7.55 Å². The summed E-state index contributed by atoms with van der Waals surface area (Å²) in [7, 11) is -0.143. The van der Waals surface area contributed by atoms with Crippen molar-refractivity contribution in [2.24, 2.45) is 0 Å². The standard InChI is InChI=1S/C12H13P.8CO.Fe.Mo/c1-10-8-13(9-11(10)2)12-6-4-3-5-7-12;8*1-2;;/h3-9H,1-2H3;;;;;;;;;;/q-2;;;;;;;;;+4;. The monoisotopic (exact) mass is 566 g/mol. The van der Waals surface area contributed by atoms with Gasteiger partial charge in [-0.1, -0.05) is 25.7 Å². The molecule has 1 aromatic carbocycles. The van der Waals surface area contributed by atoms with E-state index in [0.29, 0.717) is 0 Å². The van der Waals surface area contributed by atoms with Gasteiger partial charge in [0.2, 0.25) is 0 Å². The molecule has 1 heterocycles. The van der Waals surface area contributed by atoms with E-state index in [2.05, 4.69) is 109 Å². The third-order valence-corrected chi connectivity index (χ3v) is 4.57. The van der Waals surface area contributed by atoms with E-state index < -0.39 is 0 Å². The van der Waals surface area contributed by atoms with Gasteiger partial charge in [-0.05, 0) is 12.1 Å². The molecule has 0 bridgehead atoms. The third kappa shape index (κ3) is 39.5. The Kier molecular flexibility index (Phi) is 129. The molecule has 0 N–H and O–H groups in total. The molecule has 2 rings (SSSR count). The number of hydrogen-bond donors (Lipinski definition) is 0. The van der Waals surface area contributed by atoms with E-state index in [1.165, 1.54) is 17.1 Å². The number of rotatable bonds is 1. The van der Waals surface area contributed by atoms with Gasteiger partial charge in [0.15, 0.2) is 0 Å². The van der Waals surface area contributed by atoms with Gasteiger partial charge < -0.3 is 11.8 Å². The topological polar surface area (TPSA) is 159 Å². The molecule has 8 nitrogen and oxygen atoms in total. The predicted octanol–water partition coefficient (Wildman–Crippen LogP) is 2.66. The summed E-state index contributed by atoms with van der Waals surface area (Å²) >= 11 is 0. The van der Waals surface area contributed by atoms with E-state index in [9.17, 15) is 0 Å². The molecule has 0 saturated carbocycles. The van der Waals surface area contributed by atoms with Crippen molar-refractivity contribution in [3.05, 3.63) is 102 Å². The molecule has 1 aliphatic heterocycles. The van der Waals surface area contributed by atoms with Gasteiger partial charge in [0.05, 0.1) is 0 Å². The zero-order chi connectivity index (χ0) is 25.3. The zero-order valence-electron chi connectivity index (χ0n) is 16.0. The van der Waals surface area contributed by atoms with Crippen molar-refractivity contribution in [3.8, 4) is 0 Å². The van der Waals surface area contributed by atoms with Crippen LogP contribution in [0.5, 0.6) is 0 Å². The smallest absolute Gasteiger partial charge is 0 e. The SMILES string of the molecule is C[C-]1C=[P+](c2ccccc2)[CH-][C-]1C.[C-]#[O+].[C-]#[O+].[C-]#[O+].[C-]#[O+].[C-]#[O+].[C-]#[O+].[C-]#[O+].[C-]#[O+].[Fe+4].[Mo]. The second-order valence-corrected chi connectivity index (χ2v) is 5.21. The van der Waals surface area contributed by atoms with Crippen LogP contribution in [-0.4, -0.2) is 5.80 Å². The van der Waals surface area contributed by atoms with Crippen molar-refractivity contribution in [1.82, 2.24) is 0 Å². The fourth-order valence-electron chi connectivity index (χ4n) is 1.41. The zero-order valence-corrected chi connectivity index (χ0v) is 20.0. The Hall–Kier alpha value is -1.48. The molecule has 0 amide bonds. The summed E-state index contributed by atoms with van der Waals surface area (Å²) in [5.41, 5.74) is 0. The summed E-state index contributed by atoms with van der Waals surface area (Å²) in [6.07, 6.45) is 2.39. The molecule has 0 aromatic heterocycles. The summed E-state index contributed by atoms with van der Waals surface area (Å²) in [6.45, 7) is 40.4. The Morgan fingerprint density at radius 2 is 0.935 bits per heavy atom. The fourth-order valence-corrected chi connectivity index (χ4v) is 3.54. The van der Waals surface area contributed by atoms with Crippen LogP contribution in [0.1, 0.15) is 13.8 Å². The van der Waals surface area contributed by atoms with E-state index in [-0.39, 0.29) is 45.7 Å². The first-order chi connectivity index (χ1) is 14.3. The Bertz CT molecular complexity index is 574. The number of hydrogen-bond acceptors (Lipinski definition) is 0. The Morgan fingerprint density at radius 3 is 1.16 bits per heavy atom. The van der Waals surface area contributed by atoms with E-state index in [0.717, 1.165) is 0 Å². The van der Waals surface area contributed by atoms with Crippen molar-refractivity contribution in [2.45, 2.75) is 13.8 Å². The van der Waals surface area contributed by atoms with E-state index in [1.807, 2.05) is 0 Å². The molecule has 11 heteroatoms. The van der Waals surface area contributed by atoms with E-state index in [4.69, 9.17) is 37.2 Å². The van der Waals surface area contributed by atoms with Gasteiger partial charge in [0, 0.05) is 21.1 Å². The van der Waals surface area contributed by atoms with Crippen molar-refractivity contribution in [1.29, 1.82) is 0 Å². The molecule has 1 aliphatic rings. The minimum Gasteiger partial charge on any atom is 0 e. The summed E-state index contributed by atoms with van der Waals surface area (Å²) in [5.74, 6) is 5.27. The van der Waals surface area contributed by atoms with Crippen LogP contribution in [0, 0.1) is 71.2 Å². The van der Waals surface area contributed by atoms with Gasteiger partial charge in [-0.15, -0.1) is 5.80 Å². The number of benzene rings is 1. The molecule has 0 spiro atoms. The molecule has 0 fully saturated rings. The molecule has 1 atom stereocenters. The maximum absolute atomic E-state index is 7.50. The second kappa shape index (κ2) is 70.4. The van der Waals surface area contributed by atoms with Gasteiger partial charge in [0.1, 0.15) is 5.30 Å². The fraction of sp³-hybridized carbons (Fsp3) is 0.100. The molecular formula is C20H13FeMoO8P+2. The summed E-state index contributed by atoms with van der Waals surface area (Å²) in [6, 6.07) is 10.7. The molecule has 0 aliphatic carbocycles. The van der Waals surface area contributed by atoms with Crippen LogP contribution in [0.15, 0.2) is 30.3 Å². The largest absolute Gasteiger partial charge is 4.00 e. The Morgan fingerprint density at radius 1 is 0.645 bits per heavy atom. The van der Waals surface area contributed by atoms with Gasteiger partial charge in [0.25, 0.3) is 0 Å². The first kappa shape index (κ1) is 57.0. The van der Waals surface area contributed by atoms with Gasteiger partial charge in [-0.25, -0.2) is 13.8 Å². The quantitative estimate of drug-likeness (QED) is 0.213.